The molecule has 0 saturated carbocycles. The van der Waals surface area contributed by atoms with Crippen molar-refractivity contribution in [1.29, 1.82) is 0 Å². The van der Waals surface area contributed by atoms with E-state index in [1.54, 1.807) is 0 Å². The van der Waals surface area contributed by atoms with Crippen molar-refractivity contribution < 1.29 is 14.3 Å². The second-order valence-corrected chi connectivity index (χ2v) is 3.53. The minimum absolute atomic E-state index is 0.0962. The smallest absolute Gasteiger partial charge is 0.236 e. The number of rotatable bonds is 3. The summed E-state index contributed by atoms with van der Waals surface area (Å²) in [6.07, 6.45) is -0.555. The first-order chi connectivity index (χ1) is 6.60. The largest absolute Gasteiger partial charge is 0.359 e. The first kappa shape index (κ1) is 11.4. The van der Waals surface area contributed by atoms with Gasteiger partial charge >= 0.3 is 0 Å². The Morgan fingerprint density at radius 1 is 1.43 bits per heavy atom. The van der Waals surface area contributed by atoms with Crippen LogP contribution < -0.4 is 10.6 Å². The van der Waals surface area contributed by atoms with Gasteiger partial charge in [0.15, 0.2) is 11.4 Å². The molecule has 0 aromatic rings. The Labute approximate surface area is 88.1 Å². The number of hydrogen-bond acceptors (Lipinski definition) is 4. The molecule has 1 aliphatic rings. The average Bonchev–Trinajstić information content (AvgIpc) is 2.10. The molecule has 1 aliphatic heterocycles. The quantitative estimate of drug-likeness (QED) is 0.499. The molecule has 1 saturated heterocycles. The Bertz CT molecular complexity index is 243. The fourth-order valence-corrected chi connectivity index (χ4v) is 1.79. The Hall–Kier alpha value is -0.720. The van der Waals surface area contributed by atoms with Crippen LogP contribution in [0.15, 0.2) is 0 Å². The highest BCUT2D eigenvalue weighted by molar-refractivity contribution is 7.80. The predicted octanol–water partition coefficient (Wildman–Crippen LogP) is -0.386. The Morgan fingerprint density at radius 3 is 2.43 bits per heavy atom. The molecule has 1 amide bonds. The average molecular weight is 218 g/mol. The molecule has 0 spiro atoms. The zero-order chi connectivity index (χ0) is 10.7. The summed E-state index contributed by atoms with van der Waals surface area (Å²) in [5.41, 5.74) is 0. The van der Waals surface area contributed by atoms with Gasteiger partial charge in [0.05, 0.1) is 0 Å². The highest BCUT2D eigenvalue weighted by atomic mass is 32.1. The second-order valence-electron chi connectivity index (χ2n) is 3.12. The number of hydrogen-bond donors (Lipinski definition) is 2. The minimum Gasteiger partial charge on any atom is -0.359 e. The molecular weight excluding hydrogens is 204 g/mol. The highest BCUT2D eigenvalue weighted by Crippen LogP contribution is 2.16. The van der Waals surface area contributed by atoms with Gasteiger partial charge in [0.25, 0.3) is 0 Å². The van der Waals surface area contributed by atoms with Crippen LogP contribution in [0, 0.1) is 5.92 Å². The third-order valence-electron chi connectivity index (χ3n) is 2.19. The van der Waals surface area contributed by atoms with E-state index in [2.05, 4.69) is 10.6 Å². The maximum absolute atomic E-state index is 11.6. The normalized spacial score (nSPS) is 27.4. The fourth-order valence-electron chi connectivity index (χ4n) is 1.50. The molecule has 80 valence electrons. The molecule has 0 aromatic heterocycles. The van der Waals surface area contributed by atoms with Crippen molar-refractivity contribution in [2.75, 3.05) is 14.2 Å². The van der Waals surface area contributed by atoms with Gasteiger partial charge in [-0.2, -0.15) is 0 Å². The molecule has 2 atom stereocenters. The molecule has 0 aromatic carbocycles. The Kier molecular flexibility index (Phi) is 3.79. The first-order valence-corrected chi connectivity index (χ1v) is 4.68. The van der Waals surface area contributed by atoms with E-state index in [0.717, 1.165) is 0 Å². The summed E-state index contributed by atoms with van der Waals surface area (Å²) in [5.74, 6) is -0.563. The minimum atomic E-state index is -0.555. The molecule has 2 unspecified atom stereocenters. The van der Waals surface area contributed by atoms with Crippen LogP contribution in [-0.4, -0.2) is 37.6 Å². The summed E-state index contributed by atoms with van der Waals surface area (Å²) in [4.78, 5) is 11.6. The van der Waals surface area contributed by atoms with Crippen LogP contribution in [0.4, 0.5) is 0 Å². The van der Waals surface area contributed by atoms with Crippen molar-refractivity contribution in [3.05, 3.63) is 0 Å². The van der Waals surface area contributed by atoms with E-state index in [0.29, 0.717) is 5.11 Å². The topological polar surface area (TPSA) is 59.6 Å². The van der Waals surface area contributed by atoms with E-state index in [-0.39, 0.29) is 11.9 Å². The van der Waals surface area contributed by atoms with Gasteiger partial charge in [0, 0.05) is 20.3 Å². The van der Waals surface area contributed by atoms with Crippen molar-refractivity contribution >= 4 is 23.2 Å². The van der Waals surface area contributed by atoms with Crippen LogP contribution in [0.25, 0.3) is 0 Å². The van der Waals surface area contributed by atoms with E-state index in [1.165, 1.54) is 14.2 Å². The van der Waals surface area contributed by atoms with Crippen LogP contribution in [0.5, 0.6) is 0 Å². The molecule has 0 radical (unpaired) electrons. The molecule has 0 aliphatic carbocycles. The summed E-state index contributed by atoms with van der Waals surface area (Å²) < 4.78 is 10.1. The third kappa shape index (κ3) is 2.20. The zero-order valence-corrected chi connectivity index (χ0v) is 9.18. The zero-order valence-electron chi connectivity index (χ0n) is 8.37. The number of nitrogens with one attached hydrogen (secondary N) is 2. The summed E-state index contributed by atoms with van der Waals surface area (Å²) >= 11 is 4.85. The lowest BCUT2D eigenvalue weighted by Gasteiger charge is -2.34. The molecule has 0 bridgehead atoms. The Morgan fingerprint density at radius 2 is 2.00 bits per heavy atom. The van der Waals surface area contributed by atoms with Crippen LogP contribution in [0.1, 0.15) is 6.92 Å². The van der Waals surface area contributed by atoms with Gasteiger partial charge in [-0.15, -0.1) is 0 Å². The van der Waals surface area contributed by atoms with Gasteiger partial charge in [-0.25, -0.2) is 0 Å². The van der Waals surface area contributed by atoms with E-state index < -0.39 is 12.2 Å². The molecule has 2 N–H and O–H groups in total. The number of amides is 1. The lowest BCUT2D eigenvalue weighted by atomic mass is 9.98. The van der Waals surface area contributed by atoms with Gasteiger partial charge in [0.1, 0.15) is 5.92 Å². The van der Waals surface area contributed by atoms with E-state index in [9.17, 15) is 4.79 Å². The molecular formula is C8H14N2O3S. The number of methoxy groups -OCH3 is 2. The number of thiocarbonyl (C=S) groups is 1. The Balaban J connectivity index is 2.75. The lowest BCUT2D eigenvalue weighted by Crippen LogP contribution is -2.60. The van der Waals surface area contributed by atoms with Crippen LogP contribution in [0.2, 0.25) is 0 Å². The van der Waals surface area contributed by atoms with Crippen LogP contribution >= 0.6 is 12.2 Å². The van der Waals surface area contributed by atoms with E-state index >= 15 is 0 Å². The van der Waals surface area contributed by atoms with Crippen molar-refractivity contribution in [3.8, 4) is 0 Å². The maximum Gasteiger partial charge on any atom is 0.236 e. The first-order valence-electron chi connectivity index (χ1n) is 4.27. The SMILES string of the molecule is COC(OC)C1C(=O)NC(=S)NC1C. The molecule has 14 heavy (non-hydrogen) atoms. The number of carbonyl (C=O) groups is 1. The van der Waals surface area contributed by atoms with Crippen LogP contribution in [0.3, 0.4) is 0 Å². The maximum atomic E-state index is 11.6. The molecule has 6 heteroatoms. The summed E-state index contributed by atoms with van der Waals surface area (Å²) in [6.45, 7) is 1.86. The standard InChI is InChI=1S/C8H14N2O3S/c1-4-5(7(12-2)13-3)6(11)10-8(14)9-4/h4-5,7H,1-3H3,(H2,9,10,11,14). The van der Waals surface area contributed by atoms with Crippen molar-refractivity contribution in [2.45, 2.75) is 19.3 Å². The van der Waals surface area contributed by atoms with Crippen molar-refractivity contribution in [1.82, 2.24) is 10.6 Å². The second kappa shape index (κ2) is 4.68. The summed E-state index contributed by atoms with van der Waals surface area (Å²) in [6, 6.07) is -0.0962. The van der Waals surface area contributed by atoms with Gasteiger partial charge in [-0.3, -0.25) is 4.79 Å². The molecule has 1 heterocycles. The van der Waals surface area contributed by atoms with Crippen molar-refractivity contribution in [2.24, 2.45) is 5.92 Å². The monoisotopic (exact) mass is 218 g/mol. The fraction of sp³-hybridized carbons (Fsp3) is 0.750. The number of ether oxygens (including phenoxy) is 2. The van der Waals surface area contributed by atoms with Gasteiger partial charge in [0.2, 0.25) is 5.91 Å². The third-order valence-corrected chi connectivity index (χ3v) is 2.41. The molecule has 1 fully saturated rings. The predicted molar refractivity (Wildman–Crippen MR) is 54.6 cm³/mol. The number of carbonyl (C=O) groups excluding carboxylic acids is 1. The van der Waals surface area contributed by atoms with Gasteiger partial charge in [-0.1, -0.05) is 0 Å². The van der Waals surface area contributed by atoms with Crippen molar-refractivity contribution in [3.63, 3.8) is 0 Å². The van der Waals surface area contributed by atoms with Crippen LogP contribution in [-0.2, 0) is 14.3 Å². The highest BCUT2D eigenvalue weighted by Gasteiger charge is 2.37. The van der Waals surface area contributed by atoms with E-state index in [1.807, 2.05) is 6.92 Å². The molecule has 5 nitrogen and oxygen atoms in total. The molecule has 1 rings (SSSR count). The van der Waals surface area contributed by atoms with Gasteiger partial charge in [-0.05, 0) is 19.1 Å². The summed E-state index contributed by atoms with van der Waals surface area (Å²) in [5, 5.41) is 5.83. The van der Waals surface area contributed by atoms with E-state index in [4.69, 9.17) is 21.7 Å². The summed E-state index contributed by atoms with van der Waals surface area (Å²) in [7, 11) is 3.00. The lowest BCUT2D eigenvalue weighted by molar-refractivity contribution is -0.161. The van der Waals surface area contributed by atoms with Gasteiger partial charge < -0.3 is 20.1 Å².